The van der Waals surface area contributed by atoms with Gasteiger partial charge in [0.05, 0.1) is 11.4 Å². The maximum Gasteiger partial charge on any atom is 0.0617 e. The van der Waals surface area contributed by atoms with Gasteiger partial charge in [-0.05, 0) is 122 Å². The summed E-state index contributed by atoms with van der Waals surface area (Å²) in [5.74, 6) is 0.390. The van der Waals surface area contributed by atoms with Crippen LogP contribution in [0.4, 0.5) is 17.1 Å². The van der Waals surface area contributed by atoms with Gasteiger partial charge in [0.2, 0.25) is 0 Å². The van der Waals surface area contributed by atoms with E-state index in [9.17, 15) is 0 Å². The second-order valence-electron chi connectivity index (χ2n) is 13.3. The monoisotopic (exact) mass is 690 g/mol. The highest BCUT2D eigenvalue weighted by Crippen LogP contribution is 2.48. The van der Waals surface area contributed by atoms with Crippen LogP contribution in [0.25, 0.3) is 44.7 Å². The fourth-order valence-electron chi connectivity index (χ4n) is 6.95. The average Bonchev–Trinajstić information content (AvgIpc) is 3.56. The molecule has 3 aliphatic rings. The van der Waals surface area contributed by atoms with Crippen molar-refractivity contribution < 1.29 is 0 Å². The summed E-state index contributed by atoms with van der Waals surface area (Å²) >= 11 is 0. The van der Waals surface area contributed by atoms with Crippen molar-refractivity contribution in [2.24, 2.45) is 0 Å². The number of nitrogens with two attached hydrogens (primary N) is 1. The van der Waals surface area contributed by atoms with Gasteiger partial charge in [-0.1, -0.05) is 151 Å². The highest BCUT2D eigenvalue weighted by Gasteiger charge is 2.25. The van der Waals surface area contributed by atoms with Gasteiger partial charge in [0.15, 0.2) is 0 Å². The van der Waals surface area contributed by atoms with Crippen LogP contribution in [-0.2, 0) is 0 Å². The molecule has 0 radical (unpaired) electrons. The number of para-hydroxylation sites is 2. The largest absolute Gasteiger partial charge is 0.397 e. The summed E-state index contributed by atoms with van der Waals surface area (Å²) < 4.78 is 0. The molecule has 0 spiro atoms. The first kappa shape index (κ1) is 36.7. The van der Waals surface area contributed by atoms with Crippen molar-refractivity contribution in [3.05, 3.63) is 185 Å². The number of hydrogen-bond donors (Lipinski definition) is 2. The molecule has 1 unspecified atom stereocenters. The predicted molar refractivity (Wildman–Crippen MR) is 232 cm³/mol. The van der Waals surface area contributed by atoms with E-state index in [2.05, 4.69) is 147 Å². The van der Waals surface area contributed by atoms with Crippen molar-refractivity contribution >= 4 is 39.5 Å². The molecular weight excluding hydrogens is 641 g/mol. The predicted octanol–water partition coefficient (Wildman–Crippen LogP) is 14.5. The highest BCUT2D eigenvalue weighted by molar-refractivity contribution is 6.10. The van der Waals surface area contributed by atoms with Gasteiger partial charge in [0.25, 0.3) is 0 Å². The highest BCUT2D eigenvalue weighted by atomic mass is 14.9. The number of nitrogen functional groups attached to an aromatic ring is 1. The fourth-order valence-corrected chi connectivity index (χ4v) is 6.95. The van der Waals surface area contributed by atoms with Gasteiger partial charge in [0.1, 0.15) is 0 Å². The lowest BCUT2D eigenvalue weighted by atomic mass is 9.76. The summed E-state index contributed by atoms with van der Waals surface area (Å²) in [6.45, 7) is 10.7. The minimum Gasteiger partial charge on any atom is -0.397 e. The van der Waals surface area contributed by atoms with Crippen LogP contribution in [0, 0.1) is 0 Å². The maximum absolute atomic E-state index is 6.20. The van der Waals surface area contributed by atoms with E-state index in [1.807, 2.05) is 56.3 Å². The summed E-state index contributed by atoms with van der Waals surface area (Å²) in [6.07, 6.45) is 22.8. The number of fused-ring (bicyclic) bond motifs is 2. The molecule has 3 aliphatic carbocycles. The Balaban J connectivity index is 0.000000752. The first-order valence-electron chi connectivity index (χ1n) is 19.1. The standard InChI is InChI=1S/C45H34N2.C4H10.C2H6/c1-30-10-9-15-40-43(30)45(36-26-28-37(29-27-36)47-42-17-8-7-16-41(42)46)39-14-6-5-13-38(39)44(40)35-24-22-34(23-25-35)33-20-18-31-11-3-2-4-12-32(31)19-21-33;1-3-4-2;1-2/h2-3,5-9,11-20,22-30,47H,10,46H2,1H3;3-4H2,1-2H3;1-2H3. The Hall–Kier alpha value is -6.04. The number of unbranched alkanes of at least 4 members (excludes halogenated alkanes) is 1. The molecule has 2 nitrogen and oxygen atoms in total. The molecule has 0 fully saturated rings. The molecule has 0 heterocycles. The zero-order chi connectivity index (χ0) is 37.2. The van der Waals surface area contributed by atoms with Crippen LogP contribution in [0.5, 0.6) is 0 Å². The molecule has 264 valence electrons. The van der Waals surface area contributed by atoms with Crippen LogP contribution >= 0.6 is 0 Å². The van der Waals surface area contributed by atoms with Crippen molar-refractivity contribution in [2.45, 2.75) is 59.8 Å². The normalized spacial score (nSPS) is 15.0. The average molecular weight is 691 g/mol. The summed E-state index contributed by atoms with van der Waals surface area (Å²) in [5, 5.41) is 6.02. The second kappa shape index (κ2) is 17.5. The van der Waals surface area contributed by atoms with Crippen LogP contribution < -0.4 is 11.1 Å². The molecule has 8 rings (SSSR count). The van der Waals surface area contributed by atoms with Crippen molar-refractivity contribution in [3.8, 4) is 22.3 Å². The van der Waals surface area contributed by atoms with Gasteiger partial charge in [-0.25, -0.2) is 0 Å². The summed E-state index contributed by atoms with van der Waals surface area (Å²) in [5.41, 5.74) is 27.9. The molecule has 0 aliphatic heterocycles. The number of benzene rings is 5. The number of hydrogen-bond acceptors (Lipinski definition) is 2. The maximum atomic E-state index is 6.20. The van der Waals surface area contributed by atoms with Gasteiger partial charge in [-0.3, -0.25) is 0 Å². The fraction of sp³-hybridized carbons (Fsp3) is 0.176. The molecule has 5 aromatic rings. The van der Waals surface area contributed by atoms with Crippen LogP contribution in [-0.4, -0.2) is 0 Å². The van der Waals surface area contributed by atoms with E-state index < -0.39 is 0 Å². The van der Waals surface area contributed by atoms with Crippen molar-refractivity contribution in [2.75, 3.05) is 11.1 Å². The first-order chi connectivity index (χ1) is 26.1. The van der Waals surface area contributed by atoms with E-state index in [1.165, 1.54) is 57.0 Å². The molecule has 1 atom stereocenters. The van der Waals surface area contributed by atoms with Gasteiger partial charge >= 0.3 is 0 Å². The number of allylic oxidation sites excluding steroid dienone is 9. The molecule has 0 saturated carbocycles. The third kappa shape index (κ3) is 8.06. The zero-order valence-electron chi connectivity index (χ0n) is 31.7. The Morgan fingerprint density at radius 1 is 0.679 bits per heavy atom. The zero-order valence-corrected chi connectivity index (χ0v) is 31.7. The topological polar surface area (TPSA) is 38.0 Å². The molecule has 0 saturated heterocycles. The Kier molecular flexibility index (Phi) is 12.1. The number of anilines is 3. The van der Waals surface area contributed by atoms with Gasteiger partial charge in [0, 0.05) is 11.3 Å². The quantitative estimate of drug-likeness (QED) is 0.137. The third-order valence-corrected chi connectivity index (χ3v) is 9.81. The van der Waals surface area contributed by atoms with E-state index in [4.69, 9.17) is 5.73 Å². The van der Waals surface area contributed by atoms with Gasteiger partial charge in [-0.15, -0.1) is 11.5 Å². The lowest BCUT2D eigenvalue weighted by Gasteiger charge is -2.27. The number of nitrogens with one attached hydrogen (secondary N) is 1. The molecule has 0 amide bonds. The van der Waals surface area contributed by atoms with Crippen LogP contribution in [0.15, 0.2) is 168 Å². The van der Waals surface area contributed by atoms with E-state index in [0.29, 0.717) is 5.92 Å². The van der Waals surface area contributed by atoms with E-state index >= 15 is 0 Å². The van der Waals surface area contributed by atoms with E-state index in [1.54, 1.807) is 0 Å². The molecule has 53 heavy (non-hydrogen) atoms. The second-order valence-corrected chi connectivity index (χ2v) is 13.3. The van der Waals surface area contributed by atoms with Crippen LogP contribution in [0.3, 0.4) is 0 Å². The Morgan fingerprint density at radius 2 is 1.32 bits per heavy atom. The van der Waals surface area contributed by atoms with Crippen molar-refractivity contribution in [1.82, 2.24) is 0 Å². The minimum absolute atomic E-state index is 0.390. The Labute approximate surface area is 316 Å². The van der Waals surface area contributed by atoms with Crippen molar-refractivity contribution in [3.63, 3.8) is 0 Å². The molecule has 0 bridgehead atoms. The summed E-state index contributed by atoms with van der Waals surface area (Å²) in [7, 11) is 0. The van der Waals surface area contributed by atoms with E-state index in [0.717, 1.165) is 45.8 Å². The van der Waals surface area contributed by atoms with Crippen LogP contribution in [0.1, 0.15) is 76.5 Å². The molecule has 3 N–H and O–H groups in total. The Morgan fingerprint density at radius 3 is 2.04 bits per heavy atom. The summed E-state index contributed by atoms with van der Waals surface area (Å²) in [6, 6.07) is 34.5. The van der Waals surface area contributed by atoms with Crippen molar-refractivity contribution in [1.29, 1.82) is 0 Å². The SMILES string of the molecule is CC.CC1CC=Cc2c1c(-c1ccc(Nc3ccccc3N)cc1)c1ccccc1c2-c1ccc(C2=C=CC3=C(C=CC=C=C3)C=C2)cc1.CCCC. The lowest BCUT2D eigenvalue weighted by molar-refractivity contribution is 0.775. The molecule has 5 aromatic carbocycles. The van der Waals surface area contributed by atoms with Gasteiger partial charge in [-0.2, -0.15) is 0 Å². The Bertz CT molecular complexity index is 2340. The van der Waals surface area contributed by atoms with E-state index in [-0.39, 0.29) is 0 Å². The molecule has 0 aromatic heterocycles. The summed E-state index contributed by atoms with van der Waals surface area (Å²) in [4.78, 5) is 0. The smallest absolute Gasteiger partial charge is 0.0617 e. The first-order valence-corrected chi connectivity index (χ1v) is 19.1. The molecule has 2 heteroatoms. The van der Waals surface area contributed by atoms with Crippen LogP contribution in [0.2, 0.25) is 0 Å². The van der Waals surface area contributed by atoms with Gasteiger partial charge < -0.3 is 11.1 Å². The lowest BCUT2D eigenvalue weighted by Crippen LogP contribution is -2.06. The third-order valence-electron chi connectivity index (χ3n) is 9.81. The number of rotatable bonds is 6. The minimum atomic E-state index is 0.390. The molecular formula is C51H50N2.